The zero-order valence-corrected chi connectivity index (χ0v) is 45.5. The van der Waals surface area contributed by atoms with Crippen LogP contribution >= 0.6 is 0 Å². The van der Waals surface area contributed by atoms with E-state index in [2.05, 4.69) is 0 Å². The van der Waals surface area contributed by atoms with E-state index in [4.69, 9.17) is 47.4 Å². The fraction of sp³-hybridized carbons (Fsp3) is 1.00. The van der Waals surface area contributed by atoms with Crippen LogP contribution in [0.1, 0.15) is 135 Å². The van der Waals surface area contributed by atoms with Gasteiger partial charge in [0.15, 0.2) is 0 Å². The molecule has 12 bridgehead atoms. The van der Waals surface area contributed by atoms with Crippen LogP contribution in [0.25, 0.3) is 0 Å². The number of hydrogen-bond donors (Lipinski definition) is 0. The monoisotopic (exact) mass is 1050 g/mol. The predicted octanol–water partition coefficient (Wildman–Crippen LogP) is 9.06. The molecule has 77 heavy (non-hydrogen) atoms. The quantitative estimate of drug-likeness (QED) is 0.199. The van der Waals surface area contributed by atoms with Gasteiger partial charge in [0.2, 0.25) is 0 Å². The first-order chi connectivity index (χ1) is 38.0. The van der Waals surface area contributed by atoms with Gasteiger partial charge in [0, 0.05) is 0 Å². The zero-order valence-electron chi connectivity index (χ0n) is 45.5. The highest BCUT2D eigenvalue weighted by molar-refractivity contribution is 5.26. The third-order valence-electron chi connectivity index (χ3n) is 31.9. The van der Waals surface area contributed by atoms with Crippen LogP contribution in [0, 0.1) is 154 Å². The van der Waals surface area contributed by atoms with E-state index in [0.29, 0.717) is 110 Å². The summed E-state index contributed by atoms with van der Waals surface area (Å²) in [7, 11) is 0. The Morgan fingerprint density at radius 3 is 1.16 bits per heavy atom. The molecule has 0 aromatic carbocycles. The topological polar surface area (TPSA) is 125 Å². The molecule has 28 fully saturated rings. The predicted molar refractivity (Wildman–Crippen MR) is 274 cm³/mol. The van der Waals surface area contributed by atoms with E-state index in [-0.39, 0.29) is 0 Å². The van der Waals surface area contributed by atoms with Crippen molar-refractivity contribution in [1.29, 1.82) is 0 Å². The van der Waals surface area contributed by atoms with Gasteiger partial charge in [0.25, 0.3) is 0 Å². The molecule has 28 aliphatic rings. The Balaban J connectivity index is 0.0000000652. The Labute approximate surface area is 456 Å². The van der Waals surface area contributed by atoms with Gasteiger partial charge in [-0.05, 0) is 289 Å². The lowest BCUT2D eigenvalue weighted by Crippen LogP contribution is -2.40. The molecule has 10 heterocycles. The van der Waals surface area contributed by atoms with E-state index in [1.54, 1.807) is 12.8 Å². The minimum absolute atomic E-state index is 0.664. The molecule has 18 aliphatic carbocycles. The second-order valence-electron chi connectivity index (χ2n) is 34.1. The average molecular weight is 1050 g/mol. The molecule has 0 radical (unpaired) electrons. The highest BCUT2D eigenvalue weighted by Gasteiger charge is 2.79. The van der Waals surface area contributed by atoms with Gasteiger partial charge in [-0.1, -0.05) is 0 Å². The van der Waals surface area contributed by atoms with Gasteiger partial charge in [-0.25, -0.2) is 0 Å². The molecule has 10 saturated heterocycles. The van der Waals surface area contributed by atoms with Gasteiger partial charge in [0.05, 0.1) is 122 Å². The fourth-order valence-electron chi connectivity index (χ4n) is 29.1. The van der Waals surface area contributed by atoms with Crippen LogP contribution in [-0.2, 0) is 47.4 Å². The molecule has 18 saturated carbocycles. The number of hydrogen-bond acceptors (Lipinski definition) is 10. The lowest BCUT2D eigenvalue weighted by atomic mass is 9.64. The van der Waals surface area contributed by atoms with Gasteiger partial charge in [-0.2, -0.15) is 0 Å². The van der Waals surface area contributed by atoms with Gasteiger partial charge in [0.1, 0.15) is 0 Å². The summed E-state index contributed by atoms with van der Waals surface area (Å²) in [5, 5.41) is 0. The van der Waals surface area contributed by atoms with Gasteiger partial charge >= 0.3 is 0 Å². The fourth-order valence-corrected chi connectivity index (χ4v) is 29.1. The Kier molecular flexibility index (Phi) is 8.48. The second kappa shape index (κ2) is 14.8. The highest BCUT2D eigenvalue weighted by Crippen LogP contribution is 2.78. The summed E-state index contributed by atoms with van der Waals surface area (Å²) < 4.78 is 57.5. The van der Waals surface area contributed by atoms with Crippen molar-refractivity contribution in [2.24, 2.45) is 154 Å². The lowest BCUT2D eigenvalue weighted by molar-refractivity contribution is 0.0447. The third kappa shape index (κ3) is 6.17. The Morgan fingerprint density at radius 1 is 0.195 bits per heavy atom. The highest BCUT2D eigenvalue weighted by atomic mass is 16.6. The van der Waals surface area contributed by atoms with Crippen molar-refractivity contribution in [2.45, 2.75) is 257 Å². The Hall–Kier alpha value is -0.400. The average Bonchev–Trinajstić information content (AvgIpc) is 4.21. The first-order valence-electron chi connectivity index (χ1n) is 34.6. The maximum atomic E-state index is 5.93. The summed E-state index contributed by atoms with van der Waals surface area (Å²) in [5.74, 6) is 26.1. The Bertz CT molecular complexity index is 2480. The van der Waals surface area contributed by atoms with Crippen LogP contribution in [0.15, 0.2) is 0 Å². The van der Waals surface area contributed by atoms with E-state index in [1.807, 2.05) is 0 Å². The van der Waals surface area contributed by atoms with Crippen LogP contribution < -0.4 is 0 Å². The van der Waals surface area contributed by atoms with Crippen LogP contribution in [0.5, 0.6) is 0 Å². The smallest absolute Gasteiger partial charge is 0.0876 e. The molecular formula is C67H88O10. The largest absolute Gasteiger partial charge is 0.370 e. The minimum Gasteiger partial charge on any atom is -0.370 e. The SMILES string of the molecule is C(C1CC2CC1C1OC21)C1CC2CC1C1OC21.C1C2OC2C2C1C1CC2C2C3CC(C4OC34)C12.C1C2OC2C2C1C1CC2C2OC12.C1C2OC2CC2C1C1CC2C2C1CC1OC12.C1CC2OC2CC1CC1CCC2OC2C1. The molecule has 10 aliphatic heterocycles. The molecule has 46 unspecified atom stereocenters. The van der Waals surface area contributed by atoms with Crippen molar-refractivity contribution in [3.05, 3.63) is 0 Å². The summed E-state index contributed by atoms with van der Waals surface area (Å²) in [4.78, 5) is 0. The van der Waals surface area contributed by atoms with Crippen molar-refractivity contribution in [3.8, 4) is 0 Å². The molecular weight excluding hydrogens is 965 g/mol. The maximum Gasteiger partial charge on any atom is 0.0876 e. The molecule has 46 atom stereocenters. The normalized spacial score (nSPS) is 73.9. The summed E-state index contributed by atoms with van der Waals surface area (Å²) in [5.41, 5.74) is 0. The summed E-state index contributed by atoms with van der Waals surface area (Å²) in [6, 6.07) is 0. The van der Waals surface area contributed by atoms with Gasteiger partial charge in [-0.15, -0.1) is 0 Å². The molecule has 416 valence electrons. The number of rotatable bonds is 4. The van der Waals surface area contributed by atoms with E-state index in [9.17, 15) is 0 Å². The molecule has 0 aromatic heterocycles. The van der Waals surface area contributed by atoms with Crippen LogP contribution in [0.3, 0.4) is 0 Å². The van der Waals surface area contributed by atoms with Crippen LogP contribution in [-0.4, -0.2) is 122 Å². The van der Waals surface area contributed by atoms with Crippen LogP contribution in [0.4, 0.5) is 0 Å². The first kappa shape index (κ1) is 44.1. The maximum absolute atomic E-state index is 5.93. The molecule has 0 amide bonds. The lowest BCUT2D eigenvalue weighted by Gasteiger charge is -2.40. The third-order valence-corrected chi connectivity index (χ3v) is 31.9. The van der Waals surface area contributed by atoms with Gasteiger partial charge in [-0.3, -0.25) is 0 Å². The van der Waals surface area contributed by atoms with Crippen molar-refractivity contribution in [1.82, 2.24) is 0 Å². The molecule has 28 rings (SSSR count). The van der Waals surface area contributed by atoms with Gasteiger partial charge < -0.3 is 47.4 Å². The van der Waals surface area contributed by atoms with Crippen molar-refractivity contribution in [3.63, 3.8) is 0 Å². The van der Waals surface area contributed by atoms with Crippen LogP contribution in [0.2, 0.25) is 0 Å². The standard InChI is InChI=1S/C15H18O2.C15H20O2.C14H18O2.C13H20O2.C10H12O2/c1-4-5-3-9-15(16-9)12(5)6(1)11-8-2-7(10(4)11)13-14(8)17-13;1(6-2-8-4-10(6)14-12(8)16-14)7-3-9-5-11(7)15-13(9)17-15;1-5-6-2-10-11(15-10)3-7(6)8(1)13-9(5)4-12-14(13)16-12;1-3-10-12(14-10)6-8(1)5-9-2-4-11-13(7-9)15-11;1-4-3-2-6-10(11-6)7(3)5(1)9-8(4)12-9/h4-15H,1-3H2;6-15H,1-5H2;5-14H,1-4H2;8-13H,1-7H2;3-10H,1-2H2. The molecule has 0 N–H and O–H groups in total. The summed E-state index contributed by atoms with van der Waals surface area (Å²) >= 11 is 0. The second-order valence-corrected chi connectivity index (χ2v) is 34.1. The number of epoxide rings is 10. The van der Waals surface area contributed by atoms with E-state index in [1.165, 1.54) is 122 Å². The minimum atomic E-state index is 0.664. The van der Waals surface area contributed by atoms with E-state index in [0.717, 1.165) is 166 Å². The zero-order chi connectivity index (χ0) is 48.5. The van der Waals surface area contributed by atoms with Crippen molar-refractivity contribution >= 4 is 0 Å². The van der Waals surface area contributed by atoms with Crippen molar-refractivity contribution < 1.29 is 47.4 Å². The molecule has 10 heteroatoms. The Morgan fingerprint density at radius 2 is 0.571 bits per heavy atom. The number of fused-ring (bicyclic) bond motifs is 50. The summed E-state index contributed by atoms with van der Waals surface area (Å²) in [6.45, 7) is 0. The first-order valence-corrected chi connectivity index (χ1v) is 34.6. The summed E-state index contributed by atoms with van der Waals surface area (Å²) in [6.07, 6.45) is 44.2. The molecule has 0 aromatic rings. The molecule has 0 spiro atoms. The van der Waals surface area contributed by atoms with E-state index < -0.39 is 0 Å². The number of ether oxygens (including phenoxy) is 10. The van der Waals surface area contributed by atoms with E-state index >= 15 is 0 Å². The van der Waals surface area contributed by atoms with Crippen molar-refractivity contribution in [2.75, 3.05) is 0 Å². The molecule has 10 nitrogen and oxygen atoms in total.